The van der Waals surface area contributed by atoms with Gasteiger partial charge in [-0.2, -0.15) is 5.26 Å². The van der Waals surface area contributed by atoms with Crippen LogP contribution in [0.1, 0.15) is 12.0 Å². The van der Waals surface area contributed by atoms with E-state index < -0.39 is 0 Å². The zero-order chi connectivity index (χ0) is 13.8. The minimum atomic E-state index is -0.304. The highest BCUT2D eigenvalue weighted by Crippen LogP contribution is 2.22. The van der Waals surface area contributed by atoms with Crippen molar-refractivity contribution in [1.82, 2.24) is 4.90 Å². The van der Waals surface area contributed by atoms with Gasteiger partial charge in [0.05, 0.1) is 17.7 Å². The topological polar surface area (TPSA) is 65.4 Å². The number of hydrogen-bond donors (Lipinski definition) is 1. The lowest BCUT2D eigenvalue weighted by molar-refractivity contribution is 0.133. The molecule has 1 aromatic rings. The Morgan fingerprint density at radius 1 is 1.63 bits per heavy atom. The predicted octanol–water partition coefficient (Wildman–Crippen LogP) is 2.46. The fraction of sp³-hybridized carbons (Fsp3) is 0.385. The first-order chi connectivity index (χ1) is 9.13. The molecule has 0 unspecified atom stereocenters. The van der Waals surface area contributed by atoms with Gasteiger partial charge in [0.25, 0.3) is 0 Å². The van der Waals surface area contributed by atoms with Crippen LogP contribution in [-0.4, -0.2) is 37.2 Å². The van der Waals surface area contributed by atoms with Crippen LogP contribution in [0.15, 0.2) is 18.2 Å². The van der Waals surface area contributed by atoms with Crippen molar-refractivity contribution in [2.75, 3.05) is 25.5 Å². The number of rotatable bonds is 2. The van der Waals surface area contributed by atoms with E-state index in [0.29, 0.717) is 23.7 Å². The average Bonchev–Trinajstić information content (AvgIpc) is 2.86. The summed E-state index contributed by atoms with van der Waals surface area (Å²) in [6.07, 6.45) is 0.550. The van der Waals surface area contributed by atoms with Gasteiger partial charge in [0.15, 0.2) is 0 Å². The predicted molar refractivity (Wildman–Crippen MR) is 72.2 cm³/mol. The lowest BCUT2D eigenvalue weighted by atomic mass is 10.2. The fourth-order valence-electron chi connectivity index (χ4n) is 2.10. The molecule has 5 nitrogen and oxygen atoms in total. The number of nitrogens with one attached hydrogen (secondary N) is 1. The van der Waals surface area contributed by atoms with Crippen molar-refractivity contribution in [3.8, 4) is 6.07 Å². The van der Waals surface area contributed by atoms with Crippen LogP contribution in [0.2, 0.25) is 5.02 Å². The van der Waals surface area contributed by atoms with Crippen LogP contribution in [0.25, 0.3) is 0 Å². The van der Waals surface area contributed by atoms with Crippen molar-refractivity contribution in [3.05, 3.63) is 28.8 Å². The van der Waals surface area contributed by atoms with Gasteiger partial charge in [-0.25, -0.2) is 4.79 Å². The van der Waals surface area contributed by atoms with E-state index in [0.717, 1.165) is 12.1 Å². The summed E-state index contributed by atoms with van der Waals surface area (Å²) in [5, 5.41) is 12.5. The molecular weight excluding hydrogens is 266 g/mol. The molecule has 1 aromatic carbocycles. The number of amides is 1. The summed E-state index contributed by atoms with van der Waals surface area (Å²) in [4.78, 5) is 13.0. The average molecular weight is 280 g/mol. The van der Waals surface area contributed by atoms with Gasteiger partial charge in [-0.3, -0.25) is 0 Å². The molecule has 0 aliphatic carbocycles. The molecule has 1 heterocycles. The van der Waals surface area contributed by atoms with Crippen molar-refractivity contribution in [2.45, 2.75) is 12.5 Å². The van der Waals surface area contributed by atoms with Crippen LogP contribution in [-0.2, 0) is 4.74 Å². The molecule has 1 saturated heterocycles. The van der Waals surface area contributed by atoms with Crippen LogP contribution in [0, 0.1) is 11.3 Å². The van der Waals surface area contributed by atoms with E-state index in [1.54, 1.807) is 17.0 Å². The second-order valence-electron chi connectivity index (χ2n) is 4.35. The maximum absolute atomic E-state index is 11.4. The second-order valence-corrected chi connectivity index (χ2v) is 4.76. The van der Waals surface area contributed by atoms with Gasteiger partial charge in [0.2, 0.25) is 0 Å². The maximum atomic E-state index is 11.4. The van der Waals surface area contributed by atoms with Crippen LogP contribution in [0.4, 0.5) is 10.5 Å². The van der Waals surface area contributed by atoms with Gasteiger partial charge in [0.1, 0.15) is 6.07 Å². The molecule has 0 radical (unpaired) electrons. The lowest BCUT2D eigenvalue weighted by Gasteiger charge is -2.16. The van der Waals surface area contributed by atoms with Crippen LogP contribution in [0.3, 0.4) is 0 Å². The minimum absolute atomic E-state index is 0.170. The van der Waals surface area contributed by atoms with Gasteiger partial charge in [-0.1, -0.05) is 11.6 Å². The Hall–Kier alpha value is -1.93. The van der Waals surface area contributed by atoms with Gasteiger partial charge >= 0.3 is 6.09 Å². The first kappa shape index (κ1) is 13.5. The lowest BCUT2D eigenvalue weighted by Crippen LogP contribution is -2.31. The Labute approximate surface area is 116 Å². The Morgan fingerprint density at radius 3 is 3.05 bits per heavy atom. The number of nitriles is 1. The van der Waals surface area contributed by atoms with Crippen molar-refractivity contribution >= 4 is 23.4 Å². The molecule has 0 spiro atoms. The summed E-state index contributed by atoms with van der Waals surface area (Å²) in [6.45, 7) is 1.28. The smallest absolute Gasteiger partial charge is 0.409 e. The van der Waals surface area contributed by atoms with E-state index in [9.17, 15) is 4.79 Å². The van der Waals surface area contributed by atoms with Crippen molar-refractivity contribution in [2.24, 2.45) is 0 Å². The molecule has 1 atom stereocenters. The minimum Gasteiger partial charge on any atom is -0.453 e. The summed E-state index contributed by atoms with van der Waals surface area (Å²) in [5.74, 6) is 0. The highest BCUT2D eigenvalue weighted by atomic mass is 35.5. The van der Waals surface area contributed by atoms with Crippen LogP contribution >= 0.6 is 11.6 Å². The highest BCUT2D eigenvalue weighted by molar-refractivity contribution is 6.32. The number of likely N-dealkylation sites (tertiary alicyclic amines) is 1. The Morgan fingerprint density at radius 2 is 2.42 bits per heavy atom. The van der Waals surface area contributed by atoms with E-state index in [1.807, 2.05) is 12.1 Å². The molecule has 1 amide bonds. The van der Waals surface area contributed by atoms with Gasteiger partial charge in [-0.15, -0.1) is 0 Å². The summed E-state index contributed by atoms with van der Waals surface area (Å²) >= 11 is 5.97. The molecule has 1 N–H and O–H groups in total. The monoisotopic (exact) mass is 279 g/mol. The van der Waals surface area contributed by atoms with E-state index in [1.165, 1.54) is 7.11 Å². The quantitative estimate of drug-likeness (QED) is 0.903. The number of carbonyl (C=O) groups excluding carboxylic acids is 1. The summed E-state index contributed by atoms with van der Waals surface area (Å²) in [6, 6.07) is 7.40. The maximum Gasteiger partial charge on any atom is 0.409 e. The van der Waals surface area contributed by atoms with Crippen molar-refractivity contribution < 1.29 is 9.53 Å². The number of anilines is 1. The molecule has 1 aliphatic rings. The van der Waals surface area contributed by atoms with E-state index in [-0.39, 0.29) is 12.1 Å². The van der Waals surface area contributed by atoms with Crippen molar-refractivity contribution in [1.29, 1.82) is 5.26 Å². The number of methoxy groups -OCH3 is 1. The molecular formula is C13H14ClN3O2. The van der Waals surface area contributed by atoms with E-state index in [2.05, 4.69) is 10.1 Å². The SMILES string of the molecule is COC(=O)N1CC[C@@H](Nc2ccc(C#N)c(Cl)c2)C1. The third kappa shape index (κ3) is 3.09. The number of ether oxygens (including phenoxy) is 1. The Balaban J connectivity index is 1.98. The van der Waals surface area contributed by atoms with Crippen LogP contribution in [0.5, 0.6) is 0 Å². The molecule has 0 bridgehead atoms. The number of benzene rings is 1. The zero-order valence-corrected chi connectivity index (χ0v) is 11.3. The first-order valence-corrected chi connectivity index (χ1v) is 6.31. The number of halogens is 1. The molecule has 0 saturated carbocycles. The Bertz CT molecular complexity index is 527. The summed E-state index contributed by atoms with van der Waals surface area (Å²) < 4.78 is 4.68. The van der Waals surface area contributed by atoms with Gasteiger partial charge < -0.3 is 15.0 Å². The normalized spacial score (nSPS) is 17.9. The molecule has 0 aromatic heterocycles. The molecule has 2 rings (SSSR count). The number of carbonyl (C=O) groups is 1. The fourth-order valence-corrected chi connectivity index (χ4v) is 2.33. The molecule has 1 fully saturated rings. The standard InChI is InChI=1S/C13H14ClN3O2/c1-19-13(18)17-5-4-11(8-17)16-10-3-2-9(7-15)12(14)6-10/h2-3,6,11,16H,4-5,8H2,1H3/t11-/m1/s1. The third-order valence-corrected chi connectivity index (χ3v) is 3.39. The van der Waals surface area contributed by atoms with Crippen molar-refractivity contribution in [3.63, 3.8) is 0 Å². The second kappa shape index (κ2) is 5.81. The van der Waals surface area contributed by atoms with Gasteiger partial charge in [0, 0.05) is 24.8 Å². The van der Waals surface area contributed by atoms with E-state index >= 15 is 0 Å². The molecule has 1 aliphatic heterocycles. The summed E-state index contributed by atoms with van der Waals surface area (Å²) in [7, 11) is 1.38. The van der Waals surface area contributed by atoms with E-state index in [4.69, 9.17) is 16.9 Å². The Kier molecular flexibility index (Phi) is 4.13. The zero-order valence-electron chi connectivity index (χ0n) is 10.5. The largest absolute Gasteiger partial charge is 0.453 e. The molecule has 100 valence electrons. The number of nitrogens with zero attached hydrogens (tertiary/aromatic N) is 2. The van der Waals surface area contributed by atoms with Gasteiger partial charge in [-0.05, 0) is 24.6 Å². The molecule has 19 heavy (non-hydrogen) atoms. The number of hydrogen-bond acceptors (Lipinski definition) is 4. The molecule has 6 heteroatoms. The summed E-state index contributed by atoms with van der Waals surface area (Å²) in [5.41, 5.74) is 1.30. The third-order valence-electron chi connectivity index (χ3n) is 3.08. The highest BCUT2D eigenvalue weighted by Gasteiger charge is 2.26. The first-order valence-electron chi connectivity index (χ1n) is 5.93. The van der Waals surface area contributed by atoms with Crippen LogP contribution < -0.4 is 5.32 Å².